The molecule has 4 nitrogen and oxygen atoms in total. The highest BCUT2D eigenvalue weighted by Gasteiger charge is 2.31. The summed E-state index contributed by atoms with van der Waals surface area (Å²) in [6, 6.07) is 0.593. The zero-order valence-corrected chi connectivity index (χ0v) is 12.4. The summed E-state index contributed by atoms with van der Waals surface area (Å²) in [6.07, 6.45) is 6.95. The third-order valence-electron chi connectivity index (χ3n) is 4.78. The van der Waals surface area contributed by atoms with E-state index in [0.717, 1.165) is 26.2 Å². The predicted octanol–water partition coefficient (Wildman–Crippen LogP) is 1.75. The van der Waals surface area contributed by atoms with Crippen LogP contribution in [0.15, 0.2) is 0 Å². The van der Waals surface area contributed by atoms with E-state index in [1.165, 1.54) is 39.2 Å². The molecule has 0 radical (unpaired) electrons. The summed E-state index contributed by atoms with van der Waals surface area (Å²) in [7, 11) is 3.69. The van der Waals surface area contributed by atoms with Crippen LogP contribution >= 0.6 is 0 Å². The Kier molecular flexibility index (Phi) is 5.64. The van der Waals surface area contributed by atoms with E-state index < -0.39 is 0 Å². The third-order valence-corrected chi connectivity index (χ3v) is 4.78. The molecular weight excluding hydrogens is 240 g/mol. The summed E-state index contributed by atoms with van der Waals surface area (Å²) in [5.74, 6) is 0.462. The van der Waals surface area contributed by atoms with Crippen molar-refractivity contribution in [2.24, 2.45) is 5.92 Å². The Morgan fingerprint density at radius 1 is 1.11 bits per heavy atom. The lowest BCUT2D eigenvalue weighted by atomic mass is 9.90. The lowest BCUT2D eigenvalue weighted by Gasteiger charge is -2.40. The van der Waals surface area contributed by atoms with Crippen LogP contribution in [0.1, 0.15) is 38.5 Å². The van der Waals surface area contributed by atoms with E-state index in [0.29, 0.717) is 18.4 Å². The second-order valence-electron chi connectivity index (χ2n) is 6.08. The fourth-order valence-electron chi connectivity index (χ4n) is 3.53. The molecule has 1 aliphatic heterocycles. The van der Waals surface area contributed by atoms with Crippen LogP contribution in [0.2, 0.25) is 0 Å². The van der Waals surface area contributed by atoms with Crippen LogP contribution in [0, 0.1) is 5.92 Å². The molecule has 2 rings (SSSR count). The van der Waals surface area contributed by atoms with Crippen molar-refractivity contribution in [2.75, 3.05) is 40.3 Å². The van der Waals surface area contributed by atoms with Gasteiger partial charge in [-0.1, -0.05) is 19.3 Å². The molecule has 110 valence electrons. The summed E-state index contributed by atoms with van der Waals surface area (Å²) in [5, 5.41) is 0. The Hall–Kier alpha value is -0.610. The van der Waals surface area contributed by atoms with Gasteiger partial charge < -0.3 is 9.64 Å². The van der Waals surface area contributed by atoms with Crippen molar-refractivity contribution in [1.82, 2.24) is 9.80 Å². The van der Waals surface area contributed by atoms with E-state index >= 15 is 0 Å². The van der Waals surface area contributed by atoms with Gasteiger partial charge in [0.2, 0.25) is 0 Å². The molecule has 2 aliphatic rings. The van der Waals surface area contributed by atoms with Gasteiger partial charge in [-0.05, 0) is 25.8 Å². The van der Waals surface area contributed by atoms with Crippen molar-refractivity contribution in [1.29, 1.82) is 0 Å². The van der Waals surface area contributed by atoms with Gasteiger partial charge in [-0.15, -0.1) is 0 Å². The first-order valence-corrected chi connectivity index (χ1v) is 7.70. The number of likely N-dealkylation sites (N-methyl/N-ethyl adjacent to an activating group) is 1. The van der Waals surface area contributed by atoms with E-state index in [2.05, 4.69) is 16.8 Å². The summed E-state index contributed by atoms with van der Waals surface area (Å²) in [4.78, 5) is 16.6. The van der Waals surface area contributed by atoms with Gasteiger partial charge >= 0.3 is 5.97 Å². The van der Waals surface area contributed by atoms with E-state index in [9.17, 15) is 4.79 Å². The Bertz CT molecular complexity index is 288. The Labute approximate surface area is 117 Å². The van der Waals surface area contributed by atoms with Crippen molar-refractivity contribution < 1.29 is 9.53 Å². The lowest BCUT2D eigenvalue weighted by Crippen LogP contribution is -2.51. The number of carbonyl (C=O) groups is 1. The highest BCUT2D eigenvalue weighted by Crippen LogP contribution is 2.30. The molecule has 0 aromatic heterocycles. The molecule has 19 heavy (non-hydrogen) atoms. The largest absolute Gasteiger partial charge is 0.469 e. The molecule has 2 atom stereocenters. The van der Waals surface area contributed by atoms with Crippen molar-refractivity contribution in [3.05, 3.63) is 0 Å². The molecule has 1 heterocycles. The molecule has 1 saturated carbocycles. The van der Waals surface area contributed by atoms with Crippen LogP contribution in [0.25, 0.3) is 0 Å². The van der Waals surface area contributed by atoms with Crippen LogP contribution in [-0.4, -0.2) is 62.1 Å². The number of esters is 1. The van der Waals surface area contributed by atoms with Gasteiger partial charge in [0.25, 0.3) is 0 Å². The predicted molar refractivity (Wildman–Crippen MR) is 76.1 cm³/mol. The minimum atomic E-state index is -0.0361. The Morgan fingerprint density at radius 2 is 1.79 bits per heavy atom. The third kappa shape index (κ3) is 4.18. The lowest BCUT2D eigenvalue weighted by molar-refractivity contribution is -0.142. The second kappa shape index (κ2) is 7.25. The van der Waals surface area contributed by atoms with E-state index in [-0.39, 0.29) is 5.97 Å². The standard InChI is InChI=1S/C15H28N2O2/c1-16-8-10-17(11-9-16)14-7-5-3-4-6-13(14)12-15(18)19-2/h13-14H,3-12H2,1-2H3. The monoisotopic (exact) mass is 268 g/mol. The van der Waals surface area contributed by atoms with Crippen LogP contribution in [0.4, 0.5) is 0 Å². The minimum Gasteiger partial charge on any atom is -0.469 e. The summed E-state index contributed by atoms with van der Waals surface area (Å²) in [5.41, 5.74) is 0. The van der Waals surface area contributed by atoms with E-state index in [4.69, 9.17) is 4.74 Å². The van der Waals surface area contributed by atoms with Gasteiger partial charge in [0.05, 0.1) is 7.11 Å². The zero-order chi connectivity index (χ0) is 13.7. The van der Waals surface area contributed by atoms with Gasteiger partial charge in [-0.3, -0.25) is 9.69 Å². The number of rotatable bonds is 3. The van der Waals surface area contributed by atoms with Crippen LogP contribution in [0.5, 0.6) is 0 Å². The molecule has 0 aromatic carbocycles. The maximum atomic E-state index is 11.6. The molecule has 0 amide bonds. The van der Waals surface area contributed by atoms with Gasteiger partial charge in [-0.25, -0.2) is 0 Å². The molecule has 2 fully saturated rings. The SMILES string of the molecule is COC(=O)CC1CCCCCC1N1CCN(C)CC1. The molecule has 1 saturated heterocycles. The first-order valence-electron chi connectivity index (χ1n) is 7.70. The smallest absolute Gasteiger partial charge is 0.305 e. The second-order valence-corrected chi connectivity index (χ2v) is 6.08. The number of ether oxygens (including phenoxy) is 1. The average Bonchev–Trinajstić information content (AvgIpc) is 2.65. The van der Waals surface area contributed by atoms with Crippen LogP contribution < -0.4 is 0 Å². The molecule has 0 aromatic rings. The minimum absolute atomic E-state index is 0.0361. The highest BCUT2D eigenvalue weighted by molar-refractivity contribution is 5.69. The fraction of sp³-hybridized carbons (Fsp3) is 0.933. The summed E-state index contributed by atoms with van der Waals surface area (Å²) in [6.45, 7) is 4.61. The Morgan fingerprint density at radius 3 is 2.47 bits per heavy atom. The molecule has 1 aliphatic carbocycles. The van der Waals surface area contributed by atoms with Crippen molar-refractivity contribution in [3.8, 4) is 0 Å². The molecule has 0 N–H and O–H groups in total. The van der Waals surface area contributed by atoms with Crippen molar-refractivity contribution in [2.45, 2.75) is 44.6 Å². The maximum Gasteiger partial charge on any atom is 0.305 e. The van der Waals surface area contributed by atoms with Gasteiger partial charge in [0.15, 0.2) is 0 Å². The molecule has 2 unspecified atom stereocenters. The van der Waals surface area contributed by atoms with Crippen LogP contribution in [-0.2, 0) is 9.53 Å². The zero-order valence-electron chi connectivity index (χ0n) is 12.4. The number of hydrogen-bond acceptors (Lipinski definition) is 4. The number of hydrogen-bond donors (Lipinski definition) is 0. The maximum absolute atomic E-state index is 11.6. The summed E-state index contributed by atoms with van der Waals surface area (Å²) >= 11 is 0. The number of methoxy groups -OCH3 is 1. The number of carbonyl (C=O) groups excluding carboxylic acids is 1. The normalized spacial score (nSPS) is 30.8. The first-order chi connectivity index (χ1) is 9.20. The van der Waals surface area contributed by atoms with Gasteiger partial charge in [0.1, 0.15) is 0 Å². The molecule has 4 heteroatoms. The highest BCUT2D eigenvalue weighted by atomic mass is 16.5. The first kappa shape index (κ1) is 14.8. The Balaban J connectivity index is 1.97. The van der Waals surface area contributed by atoms with Crippen molar-refractivity contribution >= 4 is 5.97 Å². The number of nitrogens with zero attached hydrogens (tertiary/aromatic N) is 2. The van der Waals surface area contributed by atoms with Gasteiger partial charge in [-0.2, -0.15) is 0 Å². The molecule has 0 spiro atoms. The average molecular weight is 268 g/mol. The van der Waals surface area contributed by atoms with Crippen LogP contribution in [0.3, 0.4) is 0 Å². The summed E-state index contributed by atoms with van der Waals surface area (Å²) < 4.78 is 4.88. The number of piperazine rings is 1. The quantitative estimate of drug-likeness (QED) is 0.577. The van der Waals surface area contributed by atoms with E-state index in [1.54, 1.807) is 0 Å². The fourth-order valence-corrected chi connectivity index (χ4v) is 3.53. The van der Waals surface area contributed by atoms with E-state index in [1.807, 2.05) is 0 Å². The topological polar surface area (TPSA) is 32.8 Å². The van der Waals surface area contributed by atoms with Crippen molar-refractivity contribution in [3.63, 3.8) is 0 Å². The van der Waals surface area contributed by atoms with Gasteiger partial charge in [0, 0.05) is 38.6 Å². The molecule has 0 bridgehead atoms. The molecular formula is C15H28N2O2.